The molecular weight excluding hydrogens is 368 g/mol. The second kappa shape index (κ2) is 8.41. The average molecular weight is 392 g/mol. The van der Waals surface area contributed by atoms with Gasteiger partial charge < -0.3 is 9.47 Å². The smallest absolute Gasteiger partial charge is 0.272 e. The summed E-state index contributed by atoms with van der Waals surface area (Å²) in [5, 5.41) is 0. The molecule has 146 valence electrons. The molecule has 8 heteroatoms. The largest absolute Gasteiger partial charge is 0.493 e. The molecule has 0 aliphatic heterocycles. The lowest BCUT2D eigenvalue weighted by Gasteiger charge is -2.16. The predicted octanol–water partition coefficient (Wildman–Crippen LogP) is 2.32. The van der Waals surface area contributed by atoms with Gasteiger partial charge in [-0.15, -0.1) is 4.83 Å². The summed E-state index contributed by atoms with van der Waals surface area (Å²) in [6.45, 7) is 6.81. The summed E-state index contributed by atoms with van der Waals surface area (Å²) < 4.78 is 35.8. The first-order chi connectivity index (χ1) is 12.7. The van der Waals surface area contributed by atoms with E-state index in [9.17, 15) is 13.2 Å². The number of aryl methyl sites for hydroxylation is 2. The maximum Gasteiger partial charge on any atom is 0.272 e. The Morgan fingerprint density at radius 3 is 2.11 bits per heavy atom. The van der Waals surface area contributed by atoms with Crippen LogP contribution in [-0.4, -0.2) is 28.0 Å². The van der Waals surface area contributed by atoms with Crippen LogP contribution in [0.5, 0.6) is 11.5 Å². The fourth-order valence-electron chi connectivity index (χ4n) is 2.68. The van der Waals surface area contributed by atoms with E-state index in [1.807, 2.05) is 19.9 Å². The highest BCUT2D eigenvalue weighted by molar-refractivity contribution is 7.89. The van der Waals surface area contributed by atoms with Crippen molar-refractivity contribution in [3.63, 3.8) is 0 Å². The topological polar surface area (TPSA) is 93.7 Å². The lowest BCUT2D eigenvalue weighted by atomic mass is 10.0. The number of methoxy groups -OCH3 is 1. The molecule has 0 radical (unpaired) electrons. The van der Waals surface area contributed by atoms with Gasteiger partial charge in [0.1, 0.15) is 0 Å². The minimum absolute atomic E-state index is 0.172. The van der Waals surface area contributed by atoms with Gasteiger partial charge in [-0.3, -0.25) is 10.2 Å². The van der Waals surface area contributed by atoms with Gasteiger partial charge in [0.15, 0.2) is 18.1 Å². The molecular formula is C19H24N2O5S. The first-order valence-corrected chi connectivity index (χ1v) is 9.79. The minimum Gasteiger partial charge on any atom is -0.493 e. The van der Waals surface area contributed by atoms with Crippen LogP contribution in [0.25, 0.3) is 0 Å². The third kappa shape index (κ3) is 4.78. The maximum atomic E-state index is 12.7. The molecule has 2 aromatic carbocycles. The van der Waals surface area contributed by atoms with Crippen LogP contribution in [0.15, 0.2) is 35.2 Å². The minimum atomic E-state index is -3.92. The Morgan fingerprint density at radius 2 is 1.56 bits per heavy atom. The lowest BCUT2D eigenvalue weighted by Crippen LogP contribution is -2.44. The van der Waals surface area contributed by atoms with Gasteiger partial charge in [0.25, 0.3) is 15.9 Å². The Kier molecular flexibility index (Phi) is 6.45. The number of hydrogen-bond donors (Lipinski definition) is 2. The summed E-state index contributed by atoms with van der Waals surface area (Å²) in [7, 11) is -2.43. The molecule has 0 aliphatic carbocycles. The van der Waals surface area contributed by atoms with Crippen LogP contribution in [0.1, 0.15) is 22.3 Å². The van der Waals surface area contributed by atoms with Crippen molar-refractivity contribution in [3.05, 3.63) is 52.6 Å². The highest BCUT2D eigenvalue weighted by atomic mass is 32.2. The lowest BCUT2D eigenvalue weighted by molar-refractivity contribution is -0.123. The van der Waals surface area contributed by atoms with Gasteiger partial charge in [-0.1, -0.05) is 18.2 Å². The van der Waals surface area contributed by atoms with E-state index in [1.54, 1.807) is 38.1 Å². The molecule has 0 heterocycles. The summed E-state index contributed by atoms with van der Waals surface area (Å²) in [6.07, 6.45) is 0. The summed E-state index contributed by atoms with van der Waals surface area (Å²) in [6, 6.07) is 8.79. The highest BCUT2D eigenvalue weighted by Gasteiger charge is 2.22. The van der Waals surface area contributed by atoms with Gasteiger partial charge >= 0.3 is 0 Å². The third-order valence-electron chi connectivity index (χ3n) is 4.32. The molecule has 0 unspecified atom stereocenters. The van der Waals surface area contributed by atoms with Crippen molar-refractivity contribution >= 4 is 15.9 Å². The van der Waals surface area contributed by atoms with Crippen LogP contribution in [0.3, 0.4) is 0 Å². The van der Waals surface area contributed by atoms with E-state index in [-0.39, 0.29) is 11.5 Å². The molecule has 7 nitrogen and oxygen atoms in total. The highest BCUT2D eigenvalue weighted by Crippen LogP contribution is 2.26. The number of amides is 1. The monoisotopic (exact) mass is 392 g/mol. The fraction of sp³-hybridized carbons (Fsp3) is 0.316. The quantitative estimate of drug-likeness (QED) is 0.706. The van der Waals surface area contributed by atoms with Gasteiger partial charge in [-0.25, -0.2) is 8.42 Å². The maximum absolute atomic E-state index is 12.7. The molecule has 0 saturated heterocycles. The van der Waals surface area contributed by atoms with Gasteiger partial charge in [0.2, 0.25) is 0 Å². The number of hydrazine groups is 1. The zero-order valence-corrected chi connectivity index (χ0v) is 16.9. The Labute approximate surface area is 159 Å². The fourth-order valence-corrected chi connectivity index (χ4v) is 4.15. The van der Waals surface area contributed by atoms with E-state index in [2.05, 4.69) is 10.3 Å². The Balaban J connectivity index is 2.06. The van der Waals surface area contributed by atoms with E-state index in [4.69, 9.17) is 9.47 Å². The Bertz CT molecular complexity index is 929. The van der Waals surface area contributed by atoms with Crippen molar-refractivity contribution < 1.29 is 22.7 Å². The normalized spacial score (nSPS) is 11.1. The van der Waals surface area contributed by atoms with Gasteiger partial charge in [0, 0.05) is 0 Å². The number of sulfonamides is 1. The van der Waals surface area contributed by atoms with E-state index < -0.39 is 15.9 Å². The van der Waals surface area contributed by atoms with Gasteiger partial charge in [-0.2, -0.15) is 0 Å². The van der Waals surface area contributed by atoms with Crippen molar-refractivity contribution in [2.24, 2.45) is 0 Å². The van der Waals surface area contributed by atoms with Crippen molar-refractivity contribution in [3.8, 4) is 11.5 Å². The SMILES string of the molecule is COc1ccccc1OCC(=O)NNS(=O)(=O)c1c(C)c(C)cc(C)c1C. The molecule has 2 rings (SSSR count). The van der Waals surface area contributed by atoms with Crippen molar-refractivity contribution in [2.75, 3.05) is 13.7 Å². The van der Waals surface area contributed by atoms with Crippen LogP contribution < -0.4 is 19.7 Å². The number of ether oxygens (including phenoxy) is 2. The number of rotatable bonds is 7. The molecule has 0 aliphatic rings. The molecule has 0 bridgehead atoms. The van der Waals surface area contributed by atoms with Gasteiger partial charge in [-0.05, 0) is 62.1 Å². The van der Waals surface area contributed by atoms with Crippen LogP contribution in [0.4, 0.5) is 0 Å². The Morgan fingerprint density at radius 1 is 1.00 bits per heavy atom. The third-order valence-corrected chi connectivity index (χ3v) is 5.84. The molecule has 2 aromatic rings. The predicted molar refractivity (Wildman–Crippen MR) is 102 cm³/mol. The number of benzene rings is 2. The summed E-state index contributed by atoms with van der Waals surface area (Å²) in [5.74, 6) is 0.232. The molecule has 2 N–H and O–H groups in total. The van der Waals surface area contributed by atoms with Crippen molar-refractivity contribution in [1.82, 2.24) is 10.3 Å². The second-order valence-electron chi connectivity index (χ2n) is 6.18. The van der Waals surface area contributed by atoms with Gasteiger partial charge in [0.05, 0.1) is 12.0 Å². The van der Waals surface area contributed by atoms with Crippen LogP contribution in [0, 0.1) is 27.7 Å². The summed E-state index contributed by atoms with van der Waals surface area (Å²) in [5.41, 5.74) is 5.20. The zero-order chi connectivity index (χ0) is 20.2. The number of nitrogens with one attached hydrogen (secondary N) is 2. The molecule has 1 amide bonds. The molecule has 0 atom stereocenters. The molecule has 0 fully saturated rings. The summed E-state index contributed by atoms with van der Waals surface area (Å²) >= 11 is 0. The average Bonchev–Trinajstić information content (AvgIpc) is 2.63. The standard InChI is InChI=1S/C19H24N2O5S/c1-12-10-13(2)15(4)19(14(12)3)27(23,24)21-20-18(22)11-26-17-9-7-6-8-16(17)25-5/h6-10,21H,11H2,1-5H3,(H,20,22). The molecule has 27 heavy (non-hydrogen) atoms. The van der Waals surface area contributed by atoms with Crippen molar-refractivity contribution in [2.45, 2.75) is 32.6 Å². The van der Waals surface area contributed by atoms with Crippen LogP contribution >= 0.6 is 0 Å². The van der Waals surface area contributed by atoms with Crippen LogP contribution in [0.2, 0.25) is 0 Å². The number of hydrogen-bond acceptors (Lipinski definition) is 5. The second-order valence-corrected chi connectivity index (χ2v) is 7.80. The van der Waals surface area contributed by atoms with Crippen molar-refractivity contribution in [1.29, 1.82) is 0 Å². The van der Waals surface area contributed by atoms with E-state index >= 15 is 0 Å². The molecule has 0 spiro atoms. The van der Waals surface area contributed by atoms with E-state index in [1.165, 1.54) is 7.11 Å². The van der Waals surface area contributed by atoms with Crippen LogP contribution in [-0.2, 0) is 14.8 Å². The summed E-state index contributed by atoms with van der Waals surface area (Å²) in [4.78, 5) is 14.3. The molecule has 0 aromatic heterocycles. The van der Waals surface area contributed by atoms with E-state index in [0.29, 0.717) is 22.6 Å². The first kappa shape index (κ1) is 20.7. The number of para-hydroxylation sites is 2. The Hall–Kier alpha value is -2.58. The van der Waals surface area contributed by atoms with E-state index in [0.717, 1.165) is 11.1 Å². The molecule has 0 saturated carbocycles. The number of carbonyl (C=O) groups is 1. The number of carbonyl (C=O) groups excluding carboxylic acids is 1. The zero-order valence-electron chi connectivity index (χ0n) is 16.0. The first-order valence-electron chi connectivity index (χ1n) is 8.31.